The maximum absolute atomic E-state index is 12.0. The van der Waals surface area contributed by atoms with Crippen molar-refractivity contribution < 1.29 is 9.53 Å². The molecule has 2 aromatic rings. The zero-order chi connectivity index (χ0) is 14.5. The fourth-order valence-corrected chi connectivity index (χ4v) is 1.63. The van der Waals surface area contributed by atoms with Gasteiger partial charge in [-0.05, 0) is 19.1 Å². The van der Waals surface area contributed by atoms with Crippen molar-refractivity contribution in [1.29, 1.82) is 0 Å². The third kappa shape index (κ3) is 3.42. The highest BCUT2D eigenvalue weighted by Gasteiger charge is 2.14. The number of methoxy groups -OCH3 is 1. The number of rotatable bonds is 4. The first-order valence-corrected chi connectivity index (χ1v) is 6.26. The molecule has 2 heterocycles. The van der Waals surface area contributed by atoms with E-state index in [4.69, 9.17) is 16.3 Å². The van der Waals surface area contributed by atoms with Crippen molar-refractivity contribution in [2.45, 2.75) is 13.0 Å². The Labute approximate surface area is 121 Å². The Morgan fingerprint density at radius 3 is 2.50 bits per heavy atom. The number of carbonyl (C=O) groups excluding carboxylic acids is 1. The van der Waals surface area contributed by atoms with Gasteiger partial charge in [0.15, 0.2) is 5.75 Å². The molecule has 0 aliphatic carbocycles. The van der Waals surface area contributed by atoms with Crippen LogP contribution in [0.2, 0.25) is 5.02 Å². The van der Waals surface area contributed by atoms with Gasteiger partial charge in [0, 0.05) is 6.20 Å². The lowest BCUT2D eigenvalue weighted by atomic mass is 10.2. The first kappa shape index (κ1) is 14.2. The van der Waals surface area contributed by atoms with Crippen molar-refractivity contribution in [3.63, 3.8) is 0 Å². The summed E-state index contributed by atoms with van der Waals surface area (Å²) in [5, 5.41) is 3.31. The standard InChI is InChI=1S/C13H13ClN4O2/c1-8(11-4-3-9(14)5-15-11)18-13(19)12-16-6-10(20-2)7-17-12/h3-8H,1-2H3,(H,18,19)/t8-/m0/s1. The molecule has 0 unspecified atom stereocenters. The minimum absolute atomic E-state index is 0.0756. The number of amides is 1. The van der Waals surface area contributed by atoms with E-state index in [0.717, 1.165) is 0 Å². The van der Waals surface area contributed by atoms with E-state index >= 15 is 0 Å². The highest BCUT2D eigenvalue weighted by Crippen LogP contribution is 2.13. The molecule has 0 radical (unpaired) electrons. The average molecular weight is 293 g/mol. The smallest absolute Gasteiger partial charge is 0.289 e. The third-order valence-electron chi connectivity index (χ3n) is 2.61. The fourth-order valence-electron chi connectivity index (χ4n) is 1.52. The van der Waals surface area contributed by atoms with Gasteiger partial charge in [0.25, 0.3) is 5.91 Å². The Morgan fingerprint density at radius 2 is 1.95 bits per heavy atom. The van der Waals surface area contributed by atoms with Crippen LogP contribution in [0.25, 0.3) is 0 Å². The van der Waals surface area contributed by atoms with Gasteiger partial charge < -0.3 is 10.1 Å². The number of halogens is 1. The van der Waals surface area contributed by atoms with Crippen LogP contribution in [0.15, 0.2) is 30.7 Å². The van der Waals surface area contributed by atoms with Crippen LogP contribution in [0.5, 0.6) is 5.75 Å². The van der Waals surface area contributed by atoms with Crippen molar-refractivity contribution in [2.75, 3.05) is 7.11 Å². The zero-order valence-corrected chi connectivity index (χ0v) is 11.8. The molecule has 6 nitrogen and oxygen atoms in total. The van der Waals surface area contributed by atoms with Crippen LogP contribution < -0.4 is 10.1 Å². The molecule has 0 aliphatic rings. The van der Waals surface area contributed by atoms with E-state index in [0.29, 0.717) is 16.5 Å². The van der Waals surface area contributed by atoms with Crippen LogP contribution in [-0.2, 0) is 0 Å². The Hall–Kier alpha value is -2.21. The predicted molar refractivity (Wildman–Crippen MR) is 73.7 cm³/mol. The maximum atomic E-state index is 12.0. The molecule has 0 aromatic carbocycles. The number of nitrogens with zero attached hydrogens (tertiary/aromatic N) is 3. The summed E-state index contributed by atoms with van der Waals surface area (Å²) in [6.45, 7) is 1.82. The maximum Gasteiger partial charge on any atom is 0.289 e. The SMILES string of the molecule is COc1cnc(C(=O)N[C@@H](C)c2ccc(Cl)cn2)nc1. The first-order chi connectivity index (χ1) is 9.60. The summed E-state index contributed by atoms with van der Waals surface area (Å²) >= 11 is 5.76. The number of ether oxygens (including phenoxy) is 1. The van der Waals surface area contributed by atoms with Gasteiger partial charge in [0.1, 0.15) is 0 Å². The number of nitrogens with one attached hydrogen (secondary N) is 1. The molecular weight excluding hydrogens is 280 g/mol. The molecule has 1 amide bonds. The van der Waals surface area contributed by atoms with Crippen molar-refractivity contribution in [1.82, 2.24) is 20.3 Å². The van der Waals surface area contributed by atoms with Gasteiger partial charge in [-0.3, -0.25) is 9.78 Å². The number of hydrogen-bond donors (Lipinski definition) is 1. The highest BCUT2D eigenvalue weighted by molar-refractivity contribution is 6.30. The normalized spacial score (nSPS) is 11.8. The van der Waals surface area contributed by atoms with Gasteiger partial charge in [-0.15, -0.1) is 0 Å². The third-order valence-corrected chi connectivity index (χ3v) is 2.83. The minimum atomic E-state index is -0.378. The summed E-state index contributed by atoms with van der Waals surface area (Å²) in [6, 6.07) is 3.20. The number of pyridine rings is 1. The number of hydrogen-bond acceptors (Lipinski definition) is 5. The van der Waals surface area contributed by atoms with Gasteiger partial charge in [-0.2, -0.15) is 0 Å². The monoisotopic (exact) mass is 292 g/mol. The molecule has 0 aliphatic heterocycles. The summed E-state index contributed by atoms with van der Waals surface area (Å²) in [5.41, 5.74) is 0.705. The van der Waals surface area contributed by atoms with E-state index in [1.165, 1.54) is 25.7 Å². The molecule has 20 heavy (non-hydrogen) atoms. The van der Waals surface area contributed by atoms with E-state index in [1.54, 1.807) is 12.1 Å². The molecular formula is C13H13ClN4O2. The van der Waals surface area contributed by atoms with Gasteiger partial charge in [-0.25, -0.2) is 9.97 Å². The van der Waals surface area contributed by atoms with Crippen molar-refractivity contribution in [2.24, 2.45) is 0 Å². The molecule has 1 N–H and O–H groups in total. The summed E-state index contributed by atoms with van der Waals surface area (Å²) in [7, 11) is 1.51. The van der Waals surface area contributed by atoms with Crippen LogP contribution in [-0.4, -0.2) is 28.0 Å². The van der Waals surface area contributed by atoms with Crippen molar-refractivity contribution in [3.8, 4) is 5.75 Å². The second-order valence-corrected chi connectivity index (χ2v) is 4.48. The molecule has 1 atom stereocenters. The van der Waals surface area contributed by atoms with Crippen LogP contribution in [0, 0.1) is 0 Å². The van der Waals surface area contributed by atoms with Gasteiger partial charge in [0.05, 0.1) is 36.3 Å². The molecule has 0 saturated heterocycles. The van der Waals surface area contributed by atoms with Gasteiger partial charge >= 0.3 is 0 Å². The first-order valence-electron chi connectivity index (χ1n) is 5.88. The van der Waals surface area contributed by atoms with Crippen molar-refractivity contribution >= 4 is 17.5 Å². The van der Waals surface area contributed by atoms with Gasteiger partial charge in [-0.1, -0.05) is 11.6 Å². The van der Waals surface area contributed by atoms with E-state index in [2.05, 4.69) is 20.3 Å². The zero-order valence-electron chi connectivity index (χ0n) is 11.0. The molecule has 0 saturated carbocycles. The van der Waals surface area contributed by atoms with Gasteiger partial charge in [0.2, 0.25) is 5.82 Å². The Morgan fingerprint density at radius 1 is 1.25 bits per heavy atom. The van der Waals surface area contributed by atoms with E-state index < -0.39 is 0 Å². The lowest BCUT2D eigenvalue weighted by Crippen LogP contribution is -2.28. The second-order valence-electron chi connectivity index (χ2n) is 4.04. The fraction of sp³-hybridized carbons (Fsp3) is 0.231. The minimum Gasteiger partial charge on any atom is -0.494 e. The molecule has 0 spiro atoms. The Bertz CT molecular complexity index is 586. The summed E-state index contributed by atoms with van der Waals surface area (Å²) < 4.78 is 4.93. The van der Waals surface area contributed by atoms with Crippen LogP contribution in [0.1, 0.15) is 29.3 Å². The lowest BCUT2D eigenvalue weighted by Gasteiger charge is -2.12. The average Bonchev–Trinajstić information content (AvgIpc) is 2.48. The molecule has 2 aromatic heterocycles. The quantitative estimate of drug-likeness (QED) is 0.933. The summed E-state index contributed by atoms with van der Waals surface area (Å²) in [4.78, 5) is 24.0. The predicted octanol–water partition coefficient (Wildman–Crippen LogP) is 2.02. The molecule has 7 heteroatoms. The number of carbonyl (C=O) groups is 1. The molecule has 0 fully saturated rings. The Kier molecular flexibility index (Phi) is 4.47. The van der Waals surface area contributed by atoms with E-state index in [-0.39, 0.29) is 17.8 Å². The molecule has 0 bridgehead atoms. The number of aromatic nitrogens is 3. The van der Waals surface area contributed by atoms with Crippen LogP contribution in [0.4, 0.5) is 0 Å². The molecule has 2 rings (SSSR count). The summed E-state index contributed by atoms with van der Waals surface area (Å²) in [5.74, 6) is 0.192. The molecule has 104 valence electrons. The van der Waals surface area contributed by atoms with E-state index in [1.807, 2.05) is 6.92 Å². The van der Waals surface area contributed by atoms with E-state index in [9.17, 15) is 4.79 Å². The second kappa shape index (κ2) is 6.29. The van der Waals surface area contributed by atoms with Crippen LogP contribution >= 0.6 is 11.6 Å². The largest absolute Gasteiger partial charge is 0.494 e. The van der Waals surface area contributed by atoms with Crippen LogP contribution in [0.3, 0.4) is 0 Å². The summed E-state index contributed by atoms with van der Waals surface area (Å²) in [6.07, 6.45) is 4.41. The highest BCUT2D eigenvalue weighted by atomic mass is 35.5. The lowest BCUT2D eigenvalue weighted by molar-refractivity contribution is 0.0928. The topological polar surface area (TPSA) is 77.0 Å². The Balaban J connectivity index is 2.04. The van der Waals surface area contributed by atoms with Crippen molar-refractivity contribution in [3.05, 3.63) is 47.3 Å².